The van der Waals surface area contributed by atoms with E-state index in [4.69, 9.17) is 14.2 Å². The molecule has 9 nitrogen and oxygen atoms in total. The highest BCUT2D eigenvalue weighted by molar-refractivity contribution is 6.21. The quantitative estimate of drug-likeness (QED) is 0.481. The lowest BCUT2D eigenvalue weighted by Gasteiger charge is -2.16. The number of ether oxygens (including phenoxy) is 3. The number of rotatable bonds is 8. The van der Waals surface area contributed by atoms with Crippen molar-refractivity contribution in [1.82, 2.24) is 10.2 Å². The van der Waals surface area contributed by atoms with Crippen molar-refractivity contribution in [3.05, 3.63) is 64.7 Å². The molecule has 0 saturated carbocycles. The van der Waals surface area contributed by atoms with Crippen molar-refractivity contribution in [3.63, 3.8) is 0 Å². The molecule has 0 aliphatic carbocycles. The van der Waals surface area contributed by atoms with Crippen molar-refractivity contribution in [2.75, 3.05) is 26.9 Å². The fourth-order valence-corrected chi connectivity index (χ4v) is 3.87. The summed E-state index contributed by atoms with van der Waals surface area (Å²) in [6, 6.07) is 11.3. The molecule has 2 heterocycles. The summed E-state index contributed by atoms with van der Waals surface area (Å²) < 4.78 is 15.8. The number of fused-ring (bicyclic) bond motifs is 1. The molecule has 33 heavy (non-hydrogen) atoms. The molecular weight excluding hydrogens is 428 g/mol. The van der Waals surface area contributed by atoms with Crippen LogP contribution >= 0.6 is 0 Å². The lowest BCUT2D eigenvalue weighted by atomic mass is 10.1. The van der Waals surface area contributed by atoms with E-state index in [9.17, 15) is 19.2 Å². The molecule has 0 spiro atoms. The summed E-state index contributed by atoms with van der Waals surface area (Å²) in [6.07, 6.45) is 1.84. The second-order valence-corrected chi connectivity index (χ2v) is 7.79. The fraction of sp³-hybridized carbons (Fsp3) is 0.333. The molecule has 2 aromatic rings. The van der Waals surface area contributed by atoms with E-state index in [2.05, 4.69) is 5.32 Å². The largest absolute Gasteiger partial charge is 0.496 e. The first-order valence-electron chi connectivity index (χ1n) is 10.7. The zero-order valence-electron chi connectivity index (χ0n) is 18.2. The van der Waals surface area contributed by atoms with Crippen molar-refractivity contribution < 1.29 is 33.4 Å². The number of benzene rings is 2. The Bertz CT molecular complexity index is 1060. The van der Waals surface area contributed by atoms with E-state index in [0.29, 0.717) is 29.8 Å². The zero-order valence-corrected chi connectivity index (χ0v) is 18.2. The molecule has 4 rings (SSSR count). The van der Waals surface area contributed by atoms with Gasteiger partial charge in [0.15, 0.2) is 6.61 Å². The predicted octanol–water partition coefficient (Wildman–Crippen LogP) is 1.94. The van der Waals surface area contributed by atoms with E-state index >= 15 is 0 Å². The predicted molar refractivity (Wildman–Crippen MR) is 116 cm³/mol. The number of carbonyl (C=O) groups is 4. The van der Waals surface area contributed by atoms with Crippen LogP contribution in [0.5, 0.6) is 5.75 Å². The summed E-state index contributed by atoms with van der Waals surface area (Å²) in [7, 11) is 1.41. The van der Waals surface area contributed by atoms with E-state index < -0.39 is 30.3 Å². The van der Waals surface area contributed by atoms with Gasteiger partial charge in [-0.15, -0.1) is 0 Å². The standard InChI is InChI=1S/C24H24N2O7/c1-31-20-9-8-15(13-26-22(28)17-6-2-3-7-18(17)23(26)29)11-19(20)24(30)33-14-21(27)25-12-16-5-4-10-32-16/h2-3,6-9,11,16H,4-5,10,12-14H2,1H3,(H,25,27)/t16-/m1/s1. The second kappa shape index (κ2) is 9.83. The summed E-state index contributed by atoms with van der Waals surface area (Å²) in [5, 5.41) is 2.68. The Morgan fingerprint density at radius 1 is 1.12 bits per heavy atom. The number of hydrogen-bond donors (Lipinski definition) is 1. The maximum Gasteiger partial charge on any atom is 0.342 e. The van der Waals surface area contributed by atoms with Crippen LogP contribution in [0, 0.1) is 0 Å². The average molecular weight is 452 g/mol. The Morgan fingerprint density at radius 2 is 1.85 bits per heavy atom. The topological polar surface area (TPSA) is 111 Å². The van der Waals surface area contributed by atoms with Gasteiger partial charge in [0.1, 0.15) is 11.3 Å². The molecule has 0 aromatic heterocycles. The Morgan fingerprint density at radius 3 is 2.48 bits per heavy atom. The average Bonchev–Trinajstić information content (AvgIpc) is 3.44. The Kier molecular flexibility index (Phi) is 6.69. The third-order valence-electron chi connectivity index (χ3n) is 5.59. The maximum absolute atomic E-state index is 12.6. The Balaban J connectivity index is 1.40. The molecule has 0 radical (unpaired) electrons. The number of methoxy groups -OCH3 is 1. The van der Waals surface area contributed by atoms with Gasteiger partial charge in [0.2, 0.25) is 0 Å². The van der Waals surface area contributed by atoms with Crippen molar-refractivity contribution in [2.24, 2.45) is 0 Å². The zero-order chi connectivity index (χ0) is 23.4. The van der Waals surface area contributed by atoms with Crippen LogP contribution in [-0.4, -0.2) is 61.6 Å². The van der Waals surface area contributed by atoms with Crippen LogP contribution in [0.2, 0.25) is 0 Å². The minimum atomic E-state index is -0.747. The number of nitrogens with one attached hydrogen (secondary N) is 1. The number of carbonyl (C=O) groups excluding carboxylic acids is 4. The van der Waals surface area contributed by atoms with Crippen LogP contribution in [0.4, 0.5) is 0 Å². The number of nitrogens with zero attached hydrogens (tertiary/aromatic N) is 1. The monoisotopic (exact) mass is 452 g/mol. The lowest BCUT2D eigenvalue weighted by Crippen LogP contribution is -2.34. The van der Waals surface area contributed by atoms with Crippen molar-refractivity contribution in [3.8, 4) is 5.75 Å². The number of imide groups is 1. The molecule has 2 aromatic carbocycles. The van der Waals surface area contributed by atoms with E-state index in [-0.39, 0.29) is 24.0 Å². The van der Waals surface area contributed by atoms with Crippen LogP contribution in [0.15, 0.2) is 42.5 Å². The Hall–Kier alpha value is -3.72. The van der Waals surface area contributed by atoms with Crippen LogP contribution in [0.25, 0.3) is 0 Å². The van der Waals surface area contributed by atoms with Crippen molar-refractivity contribution in [1.29, 1.82) is 0 Å². The third kappa shape index (κ3) is 4.88. The molecule has 0 bridgehead atoms. The molecular formula is C24H24N2O7. The number of esters is 1. The first-order chi connectivity index (χ1) is 16.0. The van der Waals surface area contributed by atoms with Gasteiger partial charge in [-0.25, -0.2) is 4.79 Å². The molecule has 1 saturated heterocycles. The van der Waals surface area contributed by atoms with E-state index in [1.165, 1.54) is 13.2 Å². The summed E-state index contributed by atoms with van der Waals surface area (Å²) in [5.74, 6) is -1.70. The lowest BCUT2D eigenvalue weighted by molar-refractivity contribution is -0.124. The van der Waals surface area contributed by atoms with Gasteiger partial charge in [0.05, 0.1) is 30.9 Å². The highest BCUT2D eigenvalue weighted by atomic mass is 16.5. The van der Waals surface area contributed by atoms with Gasteiger partial charge in [0.25, 0.3) is 17.7 Å². The van der Waals surface area contributed by atoms with Gasteiger partial charge in [-0.1, -0.05) is 18.2 Å². The van der Waals surface area contributed by atoms with E-state index in [1.807, 2.05) is 0 Å². The smallest absolute Gasteiger partial charge is 0.342 e. The van der Waals surface area contributed by atoms with Crippen LogP contribution < -0.4 is 10.1 Å². The first kappa shape index (κ1) is 22.5. The minimum Gasteiger partial charge on any atom is -0.496 e. The highest BCUT2D eigenvalue weighted by Crippen LogP contribution is 2.26. The van der Waals surface area contributed by atoms with E-state index in [1.54, 1.807) is 36.4 Å². The fourth-order valence-electron chi connectivity index (χ4n) is 3.87. The second-order valence-electron chi connectivity index (χ2n) is 7.79. The molecule has 1 N–H and O–H groups in total. The molecule has 1 fully saturated rings. The summed E-state index contributed by atoms with van der Waals surface area (Å²) >= 11 is 0. The van der Waals surface area contributed by atoms with Gasteiger partial charge < -0.3 is 19.5 Å². The highest BCUT2D eigenvalue weighted by Gasteiger charge is 2.35. The van der Waals surface area contributed by atoms with Crippen molar-refractivity contribution >= 4 is 23.7 Å². The van der Waals surface area contributed by atoms with Crippen molar-refractivity contribution in [2.45, 2.75) is 25.5 Å². The van der Waals surface area contributed by atoms with Crippen LogP contribution in [0.1, 0.15) is 49.5 Å². The maximum atomic E-state index is 12.6. The van der Waals surface area contributed by atoms with Gasteiger partial charge in [-0.3, -0.25) is 19.3 Å². The third-order valence-corrected chi connectivity index (χ3v) is 5.59. The number of hydrogen-bond acceptors (Lipinski definition) is 7. The first-order valence-corrected chi connectivity index (χ1v) is 10.7. The molecule has 1 atom stereocenters. The molecule has 2 aliphatic heterocycles. The normalized spacial score (nSPS) is 17.1. The molecule has 2 aliphatic rings. The Labute approximate surface area is 190 Å². The van der Waals surface area contributed by atoms with E-state index in [0.717, 1.165) is 17.7 Å². The SMILES string of the molecule is COc1ccc(CN2C(=O)c3ccccc3C2=O)cc1C(=O)OCC(=O)NC[C@H]1CCCO1. The molecule has 3 amide bonds. The number of amides is 3. The van der Waals surface area contributed by atoms with Gasteiger partial charge >= 0.3 is 5.97 Å². The van der Waals surface area contributed by atoms with Crippen LogP contribution in [-0.2, 0) is 20.8 Å². The van der Waals surface area contributed by atoms with Gasteiger partial charge in [-0.2, -0.15) is 0 Å². The van der Waals surface area contributed by atoms with Gasteiger partial charge in [0, 0.05) is 13.2 Å². The minimum absolute atomic E-state index is 0.0106. The summed E-state index contributed by atoms with van der Waals surface area (Å²) in [5.41, 5.74) is 1.34. The van der Waals surface area contributed by atoms with Crippen LogP contribution in [0.3, 0.4) is 0 Å². The molecule has 9 heteroatoms. The van der Waals surface area contributed by atoms with Gasteiger partial charge in [-0.05, 0) is 42.7 Å². The molecule has 0 unspecified atom stereocenters. The summed E-state index contributed by atoms with van der Waals surface area (Å²) in [6.45, 7) is 0.595. The summed E-state index contributed by atoms with van der Waals surface area (Å²) in [4.78, 5) is 51.0. The molecule has 172 valence electrons.